The van der Waals surface area contributed by atoms with Gasteiger partial charge < -0.3 is 24.6 Å². The first-order chi connectivity index (χ1) is 17.9. The van der Waals surface area contributed by atoms with Gasteiger partial charge in [0.2, 0.25) is 5.91 Å². The number of hydrogen-bond donors (Lipinski definition) is 1. The lowest BCUT2D eigenvalue weighted by Crippen LogP contribution is -2.48. The third kappa shape index (κ3) is 7.69. The number of carbonyl (C=O) groups is 2. The van der Waals surface area contributed by atoms with Crippen LogP contribution < -0.4 is 14.8 Å². The summed E-state index contributed by atoms with van der Waals surface area (Å²) in [4.78, 5) is 30.9. The molecular weight excluding hydrogens is 493 g/mol. The summed E-state index contributed by atoms with van der Waals surface area (Å²) < 4.78 is 24.9. The highest BCUT2D eigenvalue weighted by atomic mass is 32.1. The summed E-state index contributed by atoms with van der Waals surface area (Å²) in [6.07, 6.45) is 1.25. The van der Waals surface area contributed by atoms with E-state index in [1.54, 1.807) is 42.6 Å². The number of carbonyl (C=O) groups excluding carboxylic acids is 2. The van der Waals surface area contributed by atoms with Gasteiger partial charge in [0.25, 0.3) is 0 Å². The Morgan fingerprint density at radius 1 is 1.05 bits per heavy atom. The van der Waals surface area contributed by atoms with E-state index in [-0.39, 0.29) is 24.2 Å². The van der Waals surface area contributed by atoms with E-state index < -0.39 is 11.8 Å². The molecule has 1 heterocycles. The molecule has 7 nitrogen and oxygen atoms in total. The van der Waals surface area contributed by atoms with Crippen molar-refractivity contribution >= 4 is 29.0 Å². The van der Waals surface area contributed by atoms with Crippen molar-refractivity contribution in [2.75, 3.05) is 32.6 Å². The maximum Gasteiger partial charge on any atom is 0.322 e. The smallest absolute Gasteiger partial charge is 0.322 e. The van der Waals surface area contributed by atoms with Crippen LogP contribution in [0.2, 0.25) is 0 Å². The van der Waals surface area contributed by atoms with Gasteiger partial charge in [-0.25, -0.2) is 9.18 Å². The number of anilines is 1. The lowest BCUT2D eigenvalue weighted by molar-refractivity contribution is -0.132. The van der Waals surface area contributed by atoms with Crippen LogP contribution >= 0.6 is 11.3 Å². The molecular formula is C28H34FN3O4S. The quantitative estimate of drug-likeness (QED) is 0.323. The second-order valence-corrected chi connectivity index (χ2v) is 9.66. The first kappa shape index (κ1) is 28.0. The van der Waals surface area contributed by atoms with Gasteiger partial charge in [-0.2, -0.15) is 0 Å². The highest BCUT2D eigenvalue weighted by Gasteiger charge is 2.26. The van der Waals surface area contributed by atoms with E-state index in [9.17, 15) is 14.0 Å². The molecule has 1 atom stereocenters. The Hall–Kier alpha value is -3.59. The van der Waals surface area contributed by atoms with Crippen LogP contribution in [0.5, 0.6) is 11.5 Å². The van der Waals surface area contributed by atoms with Crippen LogP contribution in [0.25, 0.3) is 0 Å². The topological polar surface area (TPSA) is 71.1 Å². The maximum atomic E-state index is 14.1. The predicted molar refractivity (Wildman–Crippen MR) is 145 cm³/mol. The third-order valence-corrected chi connectivity index (χ3v) is 7.06. The summed E-state index contributed by atoms with van der Waals surface area (Å²) in [5, 5.41) is 4.59. The number of rotatable bonds is 12. The molecule has 0 aliphatic carbocycles. The van der Waals surface area contributed by atoms with E-state index in [2.05, 4.69) is 5.32 Å². The maximum absolute atomic E-state index is 14.1. The summed E-state index contributed by atoms with van der Waals surface area (Å²) in [7, 11) is 3.18. The molecule has 0 radical (unpaired) electrons. The molecule has 1 aromatic heterocycles. The summed E-state index contributed by atoms with van der Waals surface area (Å²) in [6.45, 7) is 4.59. The summed E-state index contributed by atoms with van der Waals surface area (Å²) in [5.41, 5.74) is 1.08. The number of amides is 3. The monoisotopic (exact) mass is 527 g/mol. The van der Waals surface area contributed by atoms with Gasteiger partial charge in [-0.05, 0) is 61.0 Å². The minimum atomic E-state index is -0.527. The lowest BCUT2D eigenvalue weighted by atomic mass is 10.1. The molecule has 3 aromatic rings. The van der Waals surface area contributed by atoms with Gasteiger partial charge in [0.15, 0.2) is 11.5 Å². The van der Waals surface area contributed by atoms with E-state index in [4.69, 9.17) is 9.47 Å². The zero-order valence-corrected chi connectivity index (χ0v) is 22.5. The average molecular weight is 528 g/mol. The first-order valence-electron chi connectivity index (χ1n) is 12.2. The molecule has 0 saturated carbocycles. The molecule has 2 aromatic carbocycles. The van der Waals surface area contributed by atoms with Crippen molar-refractivity contribution in [3.05, 3.63) is 76.2 Å². The van der Waals surface area contributed by atoms with Crippen molar-refractivity contribution in [2.24, 2.45) is 0 Å². The number of para-hydroxylation sites is 1. The van der Waals surface area contributed by atoms with Crippen molar-refractivity contribution in [1.29, 1.82) is 0 Å². The van der Waals surface area contributed by atoms with Gasteiger partial charge in [-0.1, -0.05) is 31.2 Å². The number of nitrogens with zero attached hydrogens (tertiary/aromatic N) is 2. The van der Waals surface area contributed by atoms with Crippen molar-refractivity contribution in [2.45, 2.75) is 39.3 Å². The highest BCUT2D eigenvalue weighted by molar-refractivity contribution is 7.09. The number of urea groups is 1. The summed E-state index contributed by atoms with van der Waals surface area (Å²) >= 11 is 1.58. The molecule has 3 rings (SSSR count). The fourth-order valence-corrected chi connectivity index (χ4v) is 4.55. The molecule has 37 heavy (non-hydrogen) atoms. The second kappa shape index (κ2) is 13.6. The number of methoxy groups -OCH3 is 2. The fourth-order valence-electron chi connectivity index (χ4n) is 3.83. The van der Waals surface area contributed by atoms with Gasteiger partial charge in [0, 0.05) is 17.5 Å². The number of benzene rings is 2. The fraction of sp³-hybridized carbons (Fsp3) is 0.357. The summed E-state index contributed by atoms with van der Waals surface area (Å²) in [6, 6.07) is 14.9. The number of ether oxygens (including phenoxy) is 2. The second-order valence-electron chi connectivity index (χ2n) is 8.63. The Morgan fingerprint density at radius 3 is 2.46 bits per heavy atom. The third-order valence-electron chi connectivity index (χ3n) is 6.20. The van der Waals surface area contributed by atoms with Gasteiger partial charge in [-0.15, -0.1) is 11.3 Å². The normalized spacial score (nSPS) is 11.5. The molecule has 0 saturated heterocycles. The first-order valence-corrected chi connectivity index (χ1v) is 13.1. The van der Waals surface area contributed by atoms with Gasteiger partial charge in [0.1, 0.15) is 12.4 Å². The van der Waals surface area contributed by atoms with Gasteiger partial charge in [-0.3, -0.25) is 4.79 Å². The molecule has 9 heteroatoms. The van der Waals surface area contributed by atoms with Gasteiger partial charge in [0.05, 0.1) is 26.5 Å². The van der Waals surface area contributed by atoms with Crippen LogP contribution in [0.15, 0.2) is 60.0 Å². The van der Waals surface area contributed by atoms with Crippen LogP contribution in [0.3, 0.4) is 0 Å². The summed E-state index contributed by atoms with van der Waals surface area (Å²) in [5.74, 6) is 0.560. The van der Waals surface area contributed by atoms with Crippen LogP contribution in [0.1, 0.15) is 30.7 Å². The van der Waals surface area contributed by atoms with E-state index in [0.29, 0.717) is 37.4 Å². The zero-order valence-electron chi connectivity index (χ0n) is 21.7. The largest absolute Gasteiger partial charge is 0.493 e. The SMILES string of the molecule is CCC(C)N(CC(=O)N(CCc1ccc(OC)c(OC)c1)Cc1cccs1)C(=O)Nc1ccccc1F. The molecule has 3 amide bonds. The average Bonchev–Trinajstić information content (AvgIpc) is 3.43. The minimum absolute atomic E-state index is 0.0807. The Morgan fingerprint density at radius 2 is 1.81 bits per heavy atom. The number of hydrogen-bond acceptors (Lipinski definition) is 5. The lowest BCUT2D eigenvalue weighted by Gasteiger charge is -2.31. The van der Waals surface area contributed by atoms with Crippen molar-refractivity contribution in [1.82, 2.24) is 9.80 Å². The Kier molecular flexibility index (Phi) is 10.3. The minimum Gasteiger partial charge on any atom is -0.493 e. The van der Waals surface area contributed by atoms with Crippen LogP contribution in [-0.4, -0.2) is 55.1 Å². The molecule has 0 fully saturated rings. The van der Waals surface area contributed by atoms with Gasteiger partial charge >= 0.3 is 6.03 Å². The van der Waals surface area contributed by atoms with E-state index >= 15 is 0 Å². The Labute approximate surface area is 221 Å². The molecule has 0 aliphatic rings. The Bertz CT molecular complexity index is 1170. The van der Waals surface area contributed by atoms with Crippen LogP contribution in [-0.2, 0) is 17.8 Å². The van der Waals surface area contributed by atoms with Crippen LogP contribution in [0.4, 0.5) is 14.9 Å². The van der Waals surface area contributed by atoms with E-state index in [0.717, 1.165) is 10.4 Å². The molecule has 1 unspecified atom stereocenters. The molecule has 0 spiro atoms. The predicted octanol–water partition coefficient (Wildman–Crippen LogP) is 5.81. The molecule has 0 bridgehead atoms. The Balaban J connectivity index is 1.76. The van der Waals surface area contributed by atoms with E-state index in [1.165, 1.54) is 17.0 Å². The number of thiophene rings is 1. The van der Waals surface area contributed by atoms with E-state index in [1.807, 2.05) is 49.6 Å². The standard InChI is InChI=1S/C28H34FN3O4S/c1-5-20(2)32(28(34)30-24-11-7-6-10-23(24)29)19-27(33)31(18-22-9-8-16-37-22)15-14-21-12-13-25(35-3)26(17-21)36-4/h6-13,16-17,20H,5,14-15,18-19H2,1-4H3,(H,30,34). The number of nitrogens with one attached hydrogen (secondary N) is 1. The van der Waals surface area contributed by atoms with Crippen molar-refractivity contribution in [3.63, 3.8) is 0 Å². The molecule has 198 valence electrons. The van der Waals surface area contributed by atoms with Crippen molar-refractivity contribution in [3.8, 4) is 11.5 Å². The van der Waals surface area contributed by atoms with Crippen LogP contribution in [0, 0.1) is 5.82 Å². The van der Waals surface area contributed by atoms with Crippen molar-refractivity contribution < 1.29 is 23.5 Å². The molecule has 0 aliphatic heterocycles. The highest BCUT2D eigenvalue weighted by Crippen LogP contribution is 2.28. The zero-order chi connectivity index (χ0) is 26.8. The molecule has 1 N–H and O–H groups in total. The number of halogens is 1.